The second-order valence-corrected chi connectivity index (χ2v) is 7.44. The third kappa shape index (κ3) is 9.90. The molecule has 0 fully saturated rings. The highest BCUT2D eigenvalue weighted by Gasteiger charge is 2.27. The number of carbonyl (C=O) groups excluding carboxylic acids is 2. The normalized spacial score (nSPS) is 13.6. The molecule has 2 amide bonds. The van der Waals surface area contributed by atoms with Crippen LogP contribution >= 0.6 is 0 Å². The lowest BCUT2D eigenvalue weighted by Crippen LogP contribution is -2.52. The minimum Gasteiger partial charge on any atom is -0.480 e. The Bertz CT molecular complexity index is 749. The van der Waals surface area contributed by atoms with Crippen LogP contribution in [0.5, 0.6) is 0 Å². The van der Waals surface area contributed by atoms with Gasteiger partial charge in [-0.05, 0) is 29.9 Å². The summed E-state index contributed by atoms with van der Waals surface area (Å²) in [6, 6.07) is 7.01. The Hall–Kier alpha value is -3.10. The molecular formula is C20H29N5O5. The lowest BCUT2D eigenvalue weighted by molar-refractivity contribution is -0.142. The van der Waals surface area contributed by atoms with Crippen molar-refractivity contribution < 1.29 is 24.6 Å². The summed E-state index contributed by atoms with van der Waals surface area (Å²) in [5.41, 5.74) is 9.06. The summed E-state index contributed by atoms with van der Waals surface area (Å²) in [4.78, 5) is 39.1. The highest BCUT2D eigenvalue weighted by Crippen LogP contribution is 2.08. The standard InChI is InChI=1S/C20H29N5O5/c1-13(2)10-17(20(29)30)24-19(28)16(11-14-6-4-3-5-7-14)23-18(27)9-8-15(26)12-22-25-21/h3-7,13,15-17,26H,8-12H2,1-2H3,(H,23,27)(H,24,28)(H,29,30)/t15-,16-,17-/m0/s1. The van der Waals surface area contributed by atoms with E-state index < -0.39 is 36.0 Å². The molecule has 0 spiro atoms. The van der Waals surface area contributed by atoms with E-state index in [4.69, 9.17) is 5.53 Å². The van der Waals surface area contributed by atoms with Gasteiger partial charge in [-0.1, -0.05) is 49.3 Å². The quantitative estimate of drug-likeness (QED) is 0.217. The van der Waals surface area contributed by atoms with Crippen molar-refractivity contribution in [2.75, 3.05) is 6.54 Å². The third-order valence-corrected chi connectivity index (χ3v) is 4.32. The van der Waals surface area contributed by atoms with Gasteiger partial charge in [0.2, 0.25) is 11.8 Å². The molecule has 0 heterocycles. The van der Waals surface area contributed by atoms with Crippen LogP contribution in [0, 0.1) is 5.92 Å². The van der Waals surface area contributed by atoms with Crippen LogP contribution in [0.1, 0.15) is 38.7 Å². The Labute approximate surface area is 175 Å². The fourth-order valence-electron chi connectivity index (χ4n) is 2.81. The predicted octanol–water partition coefficient (Wildman–Crippen LogP) is 1.78. The van der Waals surface area contributed by atoms with Gasteiger partial charge >= 0.3 is 5.97 Å². The maximum absolute atomic E-state index is 12.8. The van der Waals surface area contributed by atoms with E-state index in [1.165, 1.54) is 0 Å². The van der Waals surface area contributed by atoms with Gasteiger partial charge in [-0.2, -0.15) is 0 Å². The van der Waals surface area contributed by atoms with Gasteiger partial charge in [-0.15, -0.1) is 0 Å². The molecule has 10 heteroatoms. The van der Waals surface area contributed by atoms with Crippen LogP contribution in [0.15, 0.2) is 35.4 Å². The molecule has 10 nitrogen and oxygen atoms in total. The summed E-state index contributed by atoms with van der Waals surface area (Å²) in [6.07, 6.45) is -0.521. The molecule has 0 aromatic heterocycles. The van der Waals surface area contributed by atoms with Crippen LogP contribution in [0.2, 0.25) is 0 Å². The van der Waals surface area contributed by atoms with E-state index in [1.54, 1.807) is 24.3 Å². The maximum atomic E-state index is 12.8. The van der Waals surface area contributed by atoms with Gasteiger partial charge in [0.25, 0.3) is 0 Å². The summed E-state index contributed by atoms with van der Waals surface area (Å²) in [5.74, 6) is -2.13. The number of aliphatic carboxylic acids is 1. The van der Waals surface area contributed by atoms with E-state index in [9.17, 15) is 24.6 Å². The van der Waals surface area contributed by atoms with Crippen molar-refractivity contribution >= 4 is 17.8 Å². The predicted molar refractivity (Wildman–Crippen MR) is 110 cm³/mol. The number of benzene rings is 1. The van der Waals surface area contributed by atoms with Gasteiger partial charge in [0.1, 0.15) is 12.1 Å². The molecule has 1 rings (SSSR count). The highest BCUT2D eigenvalue weighted by molar-refractivity contribution is 5.90. The van der Waals surface area contributed by atoms with Crippen LogP contribution in [0.25, 0.3) is 10.4 Å². The zero-order valence-corrected chi connectivity index (χ0v) is 17.2. The van der Waals surface area contributed by atoms with E-state index in [-0.39, 0.29) is 38.1 Å². The lowest BCUT2D eigenvalue weighted by atomic mass is 10.0. The summed E-state index contributed by atoms with van der Waals surface area (Å²) in [5, 5.41) is 27.4. The molecule has 4 N–H and O–H groups in total. The zero-order valence-electron chi connectivity index (χ0n) is 17.2. The Balaban J connectivity index is 2.82. The van der Waals surface area contributed by atoms with Crippen molar-refractivity contribution in [2.24, 2.45) is 11.0 Å². The SMILES string of the molecule is CC(C)C[C@H](NC(=O)[C@H](Cc1ccccc1)NC(=O)CC[C@H](O)CN=[N+]=[N-])C(=O)O. The molecule has 0 saturated heterocycles. The van der Waals surface area contributed by atoms with Crippen LogP contribution in [-0.4, -0.2) is 52.7 Å². The molecule has 0 aliphatic carbocycles. The second kappa shape index (κ2) is 13.2. The fourth-order valence-corrected chi connectivity index (χ4v) is 2.81. The number of carboxylic acids is 1. The molecule has 0 bridgehead atoms. The van der Waals surface area contributed by atoms with Gasteiger partial charge in [0.05, 0.1) is 12.6 Å². The lowest BCUT2D eigenvalue weighted by Gasteiger charge is -2.22. The van der Waals surface area contributed by atoms with Crippen molar-refractivity contribution in [1.29, 1.82) is 0 Å². The van der Waals surface area contributed by atoms with Gasteiger partial charge in [0, 0.05) is 17.8 Å². The first-order valence-electron chi connectivity index (χ1n) is 9.78. The van der Waals surface area contributed by atoms with Gasteiger partial charge in [-0.25, -0.2) is 4.79 Å². The number of nitrogens with one attached hydrogen (secondary N) is 2. The maximum Gasteiger partial charge on any atom is 0.326 e. The number of aliphatic hydroxyl groups is 1. The number of azide groups is 1. The first-order chi connectivity index (χ1) is 14.2. The van der Waals surface area contributed by atoms with E-state index in [2.05, 4.69) is 20.7 Å². The Morgan fingerprint density at radius 3 is 2.37 bits per heavy atom. The Kier molecular flexibility index (Phi) is 11.0. The van der Waals surface area contributed by atoms with Crippen molar-refractivity contribution in [1.82, 2.24) is 10.6 Å². The van der Waals surface area contributed by atoms with E-state index >= 15 is 0 Å². The molecule has 1 aromatic rings. The molecule has 0 aliphatic rings. The second-order valence-electron chi connectivity index (χ2n) is 7.44. The minimum atomic E-state index is -1.14. The molecular weight excluding hydrogens is 390 g/mol. The van der Waals surface area contributed by atoms with Gasteiger partial charge < -0.3 is 20.8 Å². The fraction of sp³-hybridized carbons (Fsp3) is 0.550. The Morgan fingerprint density at radius 2 is 1.80 bits per heavy atom. The average molecular weight is 419 g/mol. The molecule has 0 unspecified atom stereocenters. The number of hydrogen-bond acceptors (Lipinski definition) is 5. The number of hydrogen-bond donors (Lipinski definition) is 4. The summed E-state index contributed by atoms with van der Waals surface area (Å²) in [7, 11) is 0. The van der Waals surface area contributed by atoms with Crippen molar-refractivity contribution in [2.45, 2.75) is 57.7 Å². The van der Waals surface area contributed by atoms with Crippen LogP contribution in [0.4, 0.5) is 0 Å². The summed E-state index contributed by atoms with van der Waals surface area (Å²) < 4.78 is 0. The zero-order chi connectivity index (χ0) is 22.5. The van der Waals surface area contributed by atoms with Crippen molar-refractivity contribution in [3.63, 3.8) is 0 Å². The topological polar surface area (TPSA) is 164 Å². The summed E-state index contributed by atoms with van der Waals surface area (Å²) >= 11 is 0. The van der Waals surface area contributed by atoms with E-state index in [0.29, 0.717) is 0 Å². The number of amides is 2. The number of carbonyl (C=O) groups is 3. The molecule has 3 atom stereocenters. The smallest absolute Gasteiger partial charge is 0.326 e. The first-order valence-corrected chi connectivity index (χ1v) is 9.78. The van der Waals surface area contributed by atoms with Crippen molar-refractivity contribution in [3.05, 3.63) is 46.3 Å². The van der Waals surface area contributed by atoms with Gasteiger partial charge in [0.15, 0.2) is 0 Å². The Morgan fingerprint density at radius 1 is 1.13 bits per heavy atom. The highest BCUT2D eigenvalue weighted by atomic mass is 16.4. The molecule has 30 heavy (non-hydrogen) atoms. The molecule has 1 aromatic carbocycles. The number of carboxylic acid groups (broad SMARTS) is 1. The molecule has 0 aliphatic heterocycles. The van der Waals surface area contributed by atoms with Gasteiger partial charge in [-0.3, -0.25) is 9.59 Å². The third-order valence-electron chi connectivity index (χ3n) is 4.32. The van der Waals surface area contributed by atoms with E-state index in [0.717, 1.165) is 5.56 Å². The minimum absolute atomic E-state index is 0.0612. The van der Waals surface area contributed by atoms with Crippen LogP contribution < -0.4 is 10.6 Å². The van der Waals surface area contributed by atoms with Crippen LogP contribution in [-0.2, 0) is 20.8 Å². The van der Waals surface area contributed by atoms with E-state index in [1.807, 2.05) is 19.9 Å². The van der Waals surface area contributed by atoms with Crippen molar-refractivity contribution in [3.8, 4) is 0 Å². The molecule has 0 radical (unpaired) electrons. The molecule has 164 valence electrons. The largest absolute Gasteiger partial charge is 0.480 e. The number of rotatable bonds is 13. The number of aliphatic hydroxyl groups excluding tert-OH is 1. The average Bonchev–Trinajstić information content (AvgIpc) is 2.70. The monoisotopic (exact) mass is 419 g/mol. The van der Waals surface area contributed by atoms with Crippen LogP contribution in [0.3, 0.4) is 0 Å². The number of nitrogens with zero attached hydrogens (tertiary/aromatic N) is 3. The molecule has 0 saturated carbocycles. The summed E-state index contributed by atoms with van der Waals surface area (Å²) in [6.45, 7) is 3.56. The first kappa shape index (κ1) is 24.9.